The zero-order valence-corrected chi connectivity index (χ0v) is 17.2. The number of piperazine rings is 1. The first-order valence-corrected chi connectivity index (χ1v) is 11.7. The molecule has 0 aromatic heterocycles. The van der Waals surface area contributed by atoms with Crippen LogP contribution in [-0.2, 0) is 15.8 Å². The number of aryl methyl sites for hydroxylation is 1. The maximum atomic E-state index is 12.9. The monoisotopic (exact) mass is 404 g/mol. The van der Waals surface area contributed by atoms with Gasteiger partial charge in [-0.05, 0) is 36.4 Å². The van der Waals surface area contributed by atoms with E-state index in [1.165, 1.54) is 4.31 Å². The van der Waals surface area contributed by atoms with Gasteiger partial charge in [0.25, 0.3) is 5.91 Å². The Hall–Kier alpha value is -1.83. The van der Waals surface area contributed by atoms with E-state index in [1.807, 2.05) is 61.7 Å². The lowest BCUT2D eigenvalue weighted by Crippen LogP contribution is -2.50. The number of benzene rings is 2. The fourth-order valence-corrected chi connectivity index (χ4v) is 5.13. The summed E-state index contributed by atoms with van der Waals surface area (Å²) in [5, 5.41) is 0. The van der Waals surface area contributed by atoms with Crippen molar-refractivity contribution in [2.75, 3.05) is 32.4 Å². The molecule has 5 nitrogen and oxygen atoms in total. The van der Waals surface area contributed by atoms with Crippen molar-refractivity contribution < 1.29 is 13.2 Å². The van der Waals surface area contributed by atoms with Gasteiger partial charge < -0.3 is 4.90 Å². The Balaban J connectivity index is 1.65. The minimum absolute atomic E-state index is 0.00331. The zero-order chi connectivity index (χ0) is 19.4. The molecule has 144 valence electrons. The van der Waals surface area contributed by atoms with E-state index in [0.717, 1.165) is 16.0 Å². The Morgan fingerprint density at radius 3 is 2.33 bits per heavy atom. The van der Waals surface area contributed by atoms with Crippen LogP contribution < -0.4 is 0 Å². The van der Waals surface area contributed by atoms with Crippen LogP contribution in [0.3, 0.4) is 0 Å². The van der Waals surface area contributed by atoms with E-state index in [9.17, 15) is 13.2 Å². The van der Waals surface area contributed by atoms with Gasteiger partial charge >= 0.3 is 0 Å². The summed E-state index contributed by atoms with van der Waals surface area (Å²) >= 11 is 1.60. The number of nitrogens with zero attached hydrogens (tertiary/aromatic N) is 2. The quantitative estimate of drug-likeness (QED) is 0.719. The Bertz CT molecular complexity index is 906. The molecule has 0 bridgehead atoms. The van der Waals surface area contributed by atoms with Gasteiger partial charge in [-0.2, -0.15) is 4.31 Å². The van der Waals surface area contributed by atoms with Crippen LogP contribution in [0.2, 0.25) is 0 Å². The van der Waals surface area contributed by atoms with Crippen molar-refractivity contribution in [2.24, 2.45) is 0 Å². The van der Waals surface area contributed by atoms with Crippen molar-refractivity contribution >= 4 is 27.7 Å². The molecule has 0 aliphatic carbocycles. The molecule has 0 radical (unpaired) electrons. The smallest absolute Gasteiger partial charge is 0.254 e. The first kappa shape index (κ1) is 19.9. The minimum Gasteiger partial charge on any atom is -0.336 e. The molecule has 1 fully saturated rings. The van der Waals surface area contributed by atoms with Gasteiger partial charge in [0.2, 0.25) is 10.0 Å². The summed E-state index contributed by atoms with van der Waals surface area (Å²) in [6, 6.07) is 15.1. The zero-order valence-electron chi connectivity index (χ0n) is 15.6. The third-order valence-electron chi connectivity index (χ3n) is 4.79. The molecule has 2 aromatic carbocycles. The van der Waals surface area contributed by atoms with Gasteiger partial charge in [-0.25, -0.2) is 8.42 Å². The molecule has 3 rings (SSSR count). The van der Waals surface area contributed by atoms with E-state index in [-0.39, 0.29) is 11.7 Å². The number of carbonyl (C=O) groups excluding carboxylic acids is 1. The van der Waals surface area contributed by atoms with Crippen LogP contribution in [0, 0.1) is 6.92 Å². The summed E-state index contributed by atoms with van der Waals surface area (Å²) in [6.45, 7) is 3.42. The van der Waals surface area contributed by atoms with E-state index >= 15 is 0 Å². The molecule has 0 N–H and O–H groups in total. The van der Waals surface area contributed by atoms with Gasteiger partial charge in [0, 0.05) is 36.6 Å². The van der Waals surface area contributed by atoms with E-state index < -0.39 is 10.0 Å². The van der Waals surface area contributed by atoms with Gasteiger partial charge in [0.05, 0.1) is 5.75 Å². The lowest BCUT2D eigenvalue weighted by molar-refractivity contribution is 0.0696. The van der Waals surface area contributed by atoms with Crippen molar-refractivity contribution in [3.05, 3.63) is 65.2 Å². The maximum absolute atomic E-state index is 12.9. The third kappa shape index (κ3) is 4.72. The highest BCUT2D eigenvalue weighted by atomic mass is 32.2. The average Bonchev–Trinajstić information content (AvgIpc) is 2.68. The fourth-order valence-electron chi connectivity index (χ4n) is 3.17. The predicted molar refractivity (Wildman–Crippen MR) is 110 cm³/mol. The number of rotatable bonds is 5. The Kier molecular flexibility index (Phi) is 6.24. The standard InChI is InChI=1S/C20H24N2O3S2/c1-16-8-9-18(26-2)14-19(16)20(23)21-10-12-22(13-11-21)27(24,25)15-17-6-4-3-5-7-17/h3-9,14H,10-13,15H2,1-2H3. The van der Waals surface area contributed by atoms with Crippen molar-refractivity contribution in [3.8, 4) is 0 Å². The molecule has 0 unspecified atom stereocenters. The van der Waals surface area contributed by atoms with Crippen LogP contribution >= 0.6 is 11.8 Å². The highest BCUT2D eigenvalue weighted by Gasteiger charge is 2.29. The molecule has 27 heavy (non-hydrogen) atoms. The second kappa shape index (κ2) is 8.46. The summed E-state index contributed by atoms with van der Waals surface area (Å²) in [7, 11) is -3.38. The van der Waals surface area contributed by atoms with E-state index in [4.69, 9.17) is 0 Å². The molecule has 0 saturated carbocycles. The van der Waals surface area contributed by atoms with Crippen molar-refractivity contribution in [1.82, 2.24) is 9.21 Å². The molecule has 1 saturated heterocycles. The highest BCUT2D eigenvalue weighted by Crippen LogP contribution is 2.21. The highest BCUT2D eigenvalue weighted by molar-refractivity contribution is 7.98. The maximum Gasteiger partial charge on any atom is 0.254 e. The van der Waals surface area contributed by atoms with E-state index in [1.54, 1.807) is 16.7 Å². The number of amides is 1. The predicted octanol–water partition coefficient (Wildman–Crippen LogP) is 3.00. The molecule has 1 aliphatic heterocycles. The largest absolute Gasteiger partial charge is 0.336 e. The van der Waals surface area contributed by atoms with Crippen molar-refractivity contribution in [3.63, 3.8) is 0 Å². The normalized spacial score (nSPS) is 15.7. The van der Waals surface area contributed by atoms with Crippen LogP contribution in [-0.4, -0.2) is 56.0 Å². The van der Waals surface area contributed by atoms with Gasteiger partial charge in [-0.1, -0.05) is 36.4 Å². The molecule has 0 atom stereocenters. The van der Waals surface area contributed by atoms with Crippen LogP contribution in [0.1, 0.15) is 21.5 Å². The van der Waals surface area contributed by atoms with Crippen LogP contribution in [0.15, 0.2) is 53.4 Å². The average molecular weight is 405 g/mol. The summed E-state index contributed by atoms with van der Waals surface area (Å²) in [4.78, 5) is 15.7. The molecule has 1 aliphatic rings. The van der Waals surface area contributed by atoms with Crippen LogP contribution in [0.5, 0.6) is 0 Å². The molecule has 0 spiro atoms. The van der Waals surface area contributed by atoms with Gasteiger partial charge in [-0.15, -0.1) is 11.8 Å². The second-order valence-corrected chi connectivity index (χ2v) is 9.46. The topological polar surface area (TPSA) is 57.7 Å². The number of hydrogen-bond donors (Lipinski definition) is 0. The Morgan fingerprint density at radius 2 is 1.70 bits per heavy atom. The summed E-state index contributed by atoms with van der Waals surface area (Å²) in [5.41, 5.74) is 2.42. The van der Waals surface area contributed by atoms with Gasteiger partial charge in [0.1, 0.15) is 0 Å². The Morgan fingerprint density at radius 1 is 1.04 bits per heavy atom. The van der Waals surface area contributed by atoms with Gasteiger partial charge in [0.15, 0.2) is 0 Å². The van der Waals surface area contributed by atoms with Gasteiger partial charge in [-0.3, -0.25) is 4.79 Å². The van der Waals surface area contributed by atoms with Crippen molar-refractivity contribution in [2.45, 2.75) is 17.6 Å². The second-order valence-electron chi connectivity index (χ2n) is 6.61. The van der Waals surface area contributed by atoms with E-state index in [2.05, 4.69) is 0 Å². The number of thioether (sulfide) groups is 1. The number of hydrogen-bond acceptors (Lipinski definition) is 4. The van der Waals surface area contributed by atoms with Crippen molar-refractivity contribution in [1.29, 1.82) is 0 Å². The molecule has 1 amide bonds. The summed E-state index contributed by atoms with van der Waals surface area (Å²) in [6.07, 6.45) is 1.98. The molecule has 7 heteroatoms. The first-order valence-electron chi connectivity index (χ1n) is 8.86. The lowest BCUT2D eigenvalue weighted by atomic mass is 10.1. The van der Waals surface area contributed by atoms with Crippen LogP contribution in [0.4, 0.5) is 0 Å². The SMILES string of the molecule is CSc1ccc(C)c(C(=O)N2CCN(S(=O)(=O)Cc3ccccc3)CC2)c1. The summed E-state index contributed by atoms with van der Waals surface area (Å²) in [5.74, 6) is -0.0278. The van der Waals surface area contributed by atoms with Crippen LogP contribution in [0.25, 0.3) is 0 Å². The minimum atomic E-state index is -3.38. The lowest BCUT2D eigenvalue weighted by Gasteiger charge is -2.34. The number of sulfonamides is 1. The molecular weight excluding hydrogens is 380 g/mol. The summed E-state index contributed by atoms with van der Waals surface area (Å²) < 4.78 is 26.8. The number of carbonyl (C=O) groups is 1. The molecular formula is C20H24N2O3S2. The fraction of sp³-hybridized carbons (Fsp3) is 0.350. The third-order valence-corrected chi connectivity index (χ3v) is 7.36. The molecule has 2 aromatic rings. The van der Waals surface area contributed by atoms with E-state index in [0.29, 0.717) is 31.7 Å². The Labute approximate surface area is 165 Å². The first-order chi connectivity index (χ1) is 12.9. The molecule has 1 heterocycles.